The first-order valence-electron chi connectivity index (χ1n) is 7.68. The molecule has 3 heterocycles. The quantitative estimate of drug-likeness (QED) is 0.406. The van der Waals surface area contributed by atoms with Crippen LogP contribution in [0.25, 0.3) is 5.78 Å². The number of rotatable bonds is 6. The molecule has 10 heteroatoms. The molecule has 0 atom stereocenters. The van der Waals surface area contributed by atoms with Crippen molar-refractivity contribution in [3.8, 4) is 0 Å². The predicted octanol–water partition coefficient (Wildman–Crippen LogP) is 4.16. The average Bonchev–Trinajstić information content (AvgIpc) is 3.25. The molecule has 26 heavy (non-hydrogen) atoms. The Bertz CT molecular complexity index is 1030. The molecule has 0 saturated carbocycles. The molecule has 0 saturated heterocycles. The maximum Gasteiger partial charge on any atom is 0.276 e. The van der Waals surface area contributed by atoms with Crippen LogP contribution in [0.3, 0.4) is 0 Å². The summed E-state index contributed by atoms with van der Waals surface area (Å²) in [5.74, 6) is 2.43. The van der Waals surface area contributed by atoms with Crippen LogP contribution in [0, 0.1) is 6.92 Å². The number of aryl methyl sites for hydroxylation is 1. The first-order valence-corrected chi connectivity index (χ1v) is 10.4. The van der Waals surface area contributed by atoms with Crippen molar-refractivity contribution in [2.24, 2.45) is 0 Å². The second kappa shape index (κ2) is 7.77. The van der Waals surface area contributed by atoms with Crippen LogP contribution >= 0.6 is 39.5 Å². The zero-order chi connectivity index (χ0) is 17.9. The Hall–Kier alpha value is -1.91. The van der Waals surface area contributed by atoms with Gasteiger partial charge < -0.3 is 4.42 Å². The molecule has 3 aromatic heterocycles. The van der Waals surface area contributed by atoms with E-state index in [-0.39, 0.29) is 0 Å². The van der Waals surface area contributed by atoms with E-state index in [9.17, 15) is 0 Å². The number of hydrogen-bond donors (Lipinski definition) is 0. The Kier molecular flexibility index (Phi) is 5.23. The Morgan fingerprint density at radius 1 is 1.04 bits per heavy atom. The van der Waals surface area contributed by atoms with Gasteiger partial charge in [0, 0.05) is 22.1 Å². The van der Waals surface area contributed by atoms with Crippen LogP contribution in [0.4, 0.5) is 0 Å². The smallest absolute Gasteiger partial charge is 0.276 e. The maximum atomic E-state index is 5.68. The number of thioether (sulfide) groups is 2. The maximum absolute atomic E-state index is 5.68. The van der Waals surface area contributed by atoms with Crippen molar-refractivity contribution < 1.29 is 4.42 Å². The molecule has 1 aromatic carbocycles. The molecular formula is C16H13BrN6OS2. The molecule has 0 amide bonds. The molecule has 0 unspecified atom stereocenters. The Morgan fingerprint density at radius 3 is 2.73 bits per heavy atom. The Labute approximate surface area is 166 Å². The summed E-state index contributed by atoms with van der Waals surface area (Å²) in [6, 6.07) is 10.1. The summed E-state index contributed by atoms with van der Waals surface area (Å²) < 4.78 is 8.40. The van der Waals surface area contributed by atoms with E-state index in [4.69, 9.17) is 4.42 Å². The molecule has 0 aliphatic carbocycles. The summed E-state index contributed by atoms with van der Waals surface area (Å²) in [5, 5.41) is 13.7. The molecule has 132 valence electrons. The second-order valence-corrected chi connectivity index (χ2v) is 8.16. The summed E-state index contributed by atoms with van der Waals surface area (Å²) in [6.07, 6.45) is 1.85. The summed E-state index contributed by atoms with van der Waals surface area (Å²) in [4.78, 5) is 8.72. The van der Waals surface area contributed by atoms with Crippen LogP contribution in [-0.4, -0.2) is 29.8 Å². The number of benzene rings is 1. The lowest BCUT2D eigenvalue weighted by molar-refractivity contribution is 0.426. The van der Waals surface area contributed by atoms with Gasteiger partial charge in [-0.2, -0.15) is 4.98 Å². The number of nitrogens with zero attached hydrogens (tertiary/aromatic N) is 6. The van der Waals surface area contributed by atoms with Crippen molar-refractivity contribution in [2.75, 3.05) is 0 Å². The normalized spacial score (nSPS) is 11.3. The van der Waals surface area contributed by atoms with Crippen LogP contribution in [0.1, 0.15) is 17.1 Å². The highest BCUT2D eigenvalue weighted by Crippen LogP contribution is 2.25. The lowest BCUT2D eigenvalue weighted by atomic mass is 10.2. The minimum absolute atomic E-state index is 0.516. The van der Waals surface area contributed by atoms with Crippen molar-refractivity contribution in [2.45, 2.75) is 28.8 Å². The van der Waals surface area contributed by atoms with E-state index in [0.29, 0.717) is 27.8 Å². The van der Waals surface area contributed by atoms with Crippen LogP contribution < -0.4 is 0 Å². The highest BCUT2D eigenvalue weighted by molar-refractivity contribution is 9.10. The van der Waals surface area contributed by atoms with Crippen molar-refractivity contribution in [3.05, 3.63) is 58.1 Å². The van der Waals surface area contributed by atoms with E-state index in [1.807, 2.05) is 31.3 Å². The third kappa shape index (κ3) is 4.25. The number of hydrogen-bond acceptors (Lipinski definition) is 8. The van der Waals surface area contributed by atoms with E-state index in [2.05, 4.69) is 53.3 Å². The highest BCUT2D eigenvalue weighted by atomic mass is 79.9. The molecule has 0 aliphatic rings. The van der Waals surface area contributed by atoms with Crippen LogP contribution in [0.5, 0.6) is 0 Å². The number of aromatic nitrogens is 6. The average molecular weight is 449 g/mol. The molecule has 4 rings (SSSR count). The van der Waals surface area contributed by atoms with Crippen LogP contribution in [-0.2, 0) is 11.5 Å². The van der Waals surface area contributed by atoms with Crippen LogP contribution in [0.2, 0.25) is 0 Å². The Balaban J connectivity index is 1.34. The minimum atomic E-state index is 0.516. The van der Waals surface area contributed by atoms with Gasteiger partial charge in [0.15, 0.2) is 0 Å². The van der Waals surface area contributed by atoms with Gasteiger partial charge in [0.1, 0.15) is 0 Å². The van der Waals surface area contributed by atoms with Gasteiger partial charge in [-0.15, -0.1) is 15.3 Å². The number of fused-ring (bicyclic) bond motifs is 1. The lowest BCUT2D eigenvalue weighted by Crippen LogP contribution is -1.90. The first-order chi connectivity index (χ1) is 12.7. The monoisotopic (exact) mass is 448 g/mol. The fraction of sp³-hybridized carbons (Fsp3) is 0.188. The zero-order valence-electron chi connectivity index (χ0n) is 13.7. The predicted molar refractivity (Wildman–Crippen MR) is 103 cm³/mol. The van der Waals surface area contributed by atoms with Gasteiger partial charge in [-0.25, -0.2) is 9.50 Å². The van der Waals surface area contributed by atoms with Gasteiger partial charge in [0.05, 0.1) is 5.75 Å². The van der Waals surface area contributed by atoms with Crippen molar-refractivity contribution in [1.82, 2.24) is 29.8 Å². The molecule has 0 fully saturated rings. The zero-order valence-corrected chi connectivity index (χ0v) is 16.9. The fourth-order valence-electron chi connectivity index (χ4n) is 2.11. The summed E-state index contributed by atoms with van der Waals surface area (Å²) in [6.45, 7) is 1.92. The molecule has 0 bridgehead atoms. The van der Waals surface area contributed by atoms with Crippen molar-refractivity contribution in [3.63, 3.8) is 0 Å². The van der Waals surface area contributed by atoms with E-state index in [1.165, 1.54) is 29.1 Å². The molecule has 0 N–H and O–H groups in total. The summed E-state index contributed by atoms with van der Waals surface area (Å²) in [7, 11) is 0. The fourth-order valence-corrected chi connectivity index (χ4v) is 3.78. The highest BCUT2D eigenvalue weighted by Gasteiger charge is 2.11. The third-order valence-corrected chi connectivity index (χ3v) is 5.62. The molecule has 7 nitrogen and oxygen atoms in total. The minimum Gasteiger partial charge on any atom is -0.415 e. The largest absolute Gasteiger partial charge is 0.415 e. The standard InChI is InChI=1S/C16H13BrN6OS2/c1-10-6-7-23-14(18-10)19-15(22-23)25-9-13-20-21-16(24-13)26-8-11-2-4-12(17)5-3-11/h2-7H,8-9H2,1H3. The molecule has 0 spiro atoms. The second-order valence-electron chi connectivity index (χ2n) is 5.37. The molecule has 0 aliphatic heterocycles. The van der Waals surface area contributed by atoms with Gasteiger partial charge >= 0.3 is 0 Å². The molecule has 4 aromatic rings. The topological polar surface area (TPSA) is 82.0 Å². The van der Waals surface area contributed by atoms with Gasteiger partial charge in [-0.3, -0.25) is 0 Å². The van der Waals surface area contributed by atoms with E-state index >= 15 is 0 Å². The van der Waals surface area contributed by atoms with E-state index in [1.54, 1.807) is 4.52 Å². The van der Waals surface area contributed by atoms with Gasteiger partial charge in [-0.05, 0) is 30.7 Å². The number of halogens is 1. The van der Waals surface area contributed by atoms with E-state index in [0.717, 1.165) is 15.9 Å². The van der Waals surface area contributed by atoms with Crippen LogP contribution in [0.15, 0.2) is 55.8 Å². The summed E-state index contributed by atoms with van der Waals surface area (Å²) >= 11 is 6.39. The SMILES string of the molecule is Cc1ccn2nc(SCc3nnc(SCc4ccc(Br)cc4)o3)nc2n1. The lowest BCUT2D eigenvalue weighted by Gasteiger charge is -1.98. The van der Waals surface area contributed by atoms with Crippen molar-refractivity contribution >= 4 is 45.2 Å². The molecular weight excluding hydrogens is 436 g/mol. The van der Waals surface area contributed by atoms with E-state index < -0.39 is 0 Å². The van der Waals surface area contributed by atoms with Gasteiger partial charge in [0.2, 0.25) is 11.0 Å². The third-order valence-electron chi connectivity index (χ3n) is 3.38. The van der Waals surface area contributed by atoms with Gasteiger partial charge in [0.25, 0.3) is 11.0 Å². The van der Waals surface area contributed by atoms with Gasteiger partial charge in [-0.1, -0.05) is 51.6 Å². The first kappa shape index (κ1) is 17.5. The Morgan fingerprint density at radius 2 is 1.88 bits per heavy atom. The summed E-state index contributed by atoms with van der Waals surface area (Å²) in [5.41, 5.74) is 2.11. The van der Waals surface area contributed by atoms with Crippen molar-refractivity contribution in [1.29, 1.82) is 0 Å². The molecule has 0 radical (unpaired) electrons.